The van der Waals surface area contributed by atoms with E-state index >= 15 is 0 Å². The zero-order valence-corrected chi connectivity index (χ0v) is 9.65. The van der Waals surface area contributed by atoms with Crippen LogP contribution in [0.25, 0.3) is 0 Å². The Bertz CT molecular complexity index is 295. The molecule has 0 radical (unpaired) electrons. The van der Waals surface area contributed by atoms with E-state index in [2.05, 4.69) is 12.1 Å². The number of rotatable bonds is 7. The lowest BCUT2D eigenvalue weighted by Crippen LogP contribution is -2.06. The van der Waals surface area contributed by atoms with Crippen LogP contribution in [0.3, 0.4) is 0 Å². The molecule has 0 amide bonds. The van der Waals surface area contributed by atoms with Crippen molar-refractivity contribution in [3.8, 4) is 0 Å². The molecule has 3 nitrogen and oxygen atoms in total. The Labute approximate surface area is 96.4 Å². The van der Waals surface area contributed by atoms with Crippen LogP contribution in [0.4, 0.5) is 0 Å². The van der Waals surface area contributed by atoms with E-state index in [0.717, 1.165) is 12.8 Å². The van der Waals surface area contributed by atoms with Crippen molar-refractivity contribution in [2.75, 3.05) is 19.8 Å². The highest BCUT2D eigenvalue weighted by Gasteiger charge is 1.94. The van der Waals surface area contributed by atoms with Gasteiger partial charge in [0.15, 0.2) is 0 Å². The predicted molar refractivity (Wildman–Crippen MR) is 62.2 cm³/mol. The molecule has 0 aliphatic carbocycles. The third kappa shape index (κ3) is 6.19. The molecule has 1 rings (SSSR count). The Kier molecular flexibility index (Phi) is 6.26. The van der Waals surface area contributed by atoms with Crippen molar-refractivity contribution in [3.05, 3.63) is 35.9 Å². The van der Waals surface area contributed by atoms with Crippen LogP contribution in [0, 0.1) is 0 Å². The molecule has 88 valence electrons. The van der Waals surface area contributed by atoms with Crippen molar-refractivity contribution < 1.29 is 14.3 Å². The SMILES string of the molecule is CC(=O)OCCCOCCc1ccccc1. The predicted octanol–water partition coefficient (Wildman–Crippen LogP) is 2.20. The van der Waals surface area contributed by atoms with E-state index in [9.17, 15) is 4.79 Å². The van der Waals surface area contributed by atoms with E-state index in [1.165, 1.54) is 12.5 Å². The van der Waals surface area contributed by atoms with Crippen LogP contribution in [0.15, 0.2) is 30.3 Å². The fourth-order valence-corrected chi connectivity index (χ4v) is 1.31. The summed E-state index contributed by atoms with van der Waals surface area (Å²) in [6, 6.07) is 10.2. The fourth-order valence-electron chi connectivity index (χ4n) is 1.31. The molecule has 0 fully saturated rings. The van der Waals surface area contributed by atoms with Gasteiger partial charge in [0.2, 0.25) is 0 Å². The van der Waals surface area contributed by atoms with Gasteiger partial charge in [-0.25, -0.2) is 0 Å². The second-order valence-electron chi connectivity index (χ2n) is 3.54. The van der Waals surface area contributed by atoms with Crippen LogP contribution in [0.2, 0.25) is 0 Å². The Balaban J connectivity index is 1.94. The Morgan fingerprint density at radius 3 is 2.56 bits per heavy atom. The molecule has 3 heteroatoms. The maximum atomic E-state index is 10.5. The molecule has 0 heterocycles. The van der Waals surface area contributed by atoms with Gasteiger partial charge < -0.3 is 9.47 Å². The molecule has 0 unspecified atom stereocenters. The smallest absolute Gasteiger partial charge is 0.302 e. The maximum Gasteiger partial charge on any atom is 0.302 e. The van der Waals surface area contributed by atoms with Crippen LogP contribution in [-0.2, 0) is 20.7 Å². The molecule has 0 bridgehead atoms. The first kappa shape index (κ1) is 12.7. The highest BCUT2D eigenvalue weighted by Crippen LogP contribution is 1.99. The average Bonchev–Trinajstić information content (AvgIpc) is 2.29. The Morgan fingerprint density at radius 1 is 1.12 bits per heavy atom. The summed E-state index contributed by atoms with van der Waals surface area (Å²) in [4.78, 5) is 10.5. The molecule has 1 aromatic rings. The fraction of sp³-hybridized carbons (Fsp3) is 0.462. The Morgan fingerprint density at radius 2 is 1.88 bits per heavy atom. The molecule has 0 aliphatic rings. The van der Waals surface area contributed by atoms with E-state index in [4.69, 9.17) is 9.47 Å². The maximum absolute atomic E-state index is 10.5. The van der Waals surface area contributed by atoms with Crippen molar-refractivity contribution in [3.63, 3.8) is 0 Å². The van der Waals surface area contributed by atoms with Crippen LogP contribution in [-0.4, -0.2) is 25.8 Å². The number of esters is 1. The van der Waals surface area contributed by atoms with Gasteiger partial charge in [0, 0.05) is 20.0 Å². The summed E-state index contributed by atoms with van der Waals surface area (Å²) in [6.45, 7) is 3.21. The Hall–Kier alpha value is -1.35. The third-order valence-electron chi connectivity index (χ3n) is 2.12. The van der Waals surface area contributed by atoms with Gasteiger partial charge in [-0.3, -0.25) is 4.79 Å². The molecule has 0 atom stereocenters. The van der Waals surface area contributed by atoms with E-state index in [1.807, 2.05) is 18.2 Å². The van der Waals surface area contributed by atoms with Crippen molar-refractivity contribution in [2.24, 2.45) is 0 Å². The summed E-state index contributed by atoms with van der Waals surface area (Å²) in [5.41, 5.74) is 1.28. The lowest BCUT2D eigenvalue weighted by atomic mass is 10.2. The van der Waals surface area contributed by atoms with E-state index in [-0.39, 0.29) is 5.97 Å². The van der Waals surface area contributed by atoms with Crippen LogP contribution in [0.1, 0.15) is 18.9 Å². The standard InChI is InChI=1S/C13H18O3/c1-12(14)16-10-5-9-15-11-8-13-6-3-2-4-7-13/h2-4,6-7H,5,8-11H2,1H3. The molecule has 0 saturated heterocycles. The van der Waals surface area contributed by atoms with Crippen molar-refractivity contribution in [2.45, 2.75) is 19.8 Å². The highest BCUT2D eigenvalue weighted by molar-refractivity contribution is 5.65. The topological polar surface area (TPSA) is 35.5 Å². The van der Waals surface area contributed by atoms with Crippen molar-refractivity contribution in [1.82, 2.24) is 0 Å². The molecule has 0 aliphatic heterocycles. The summed E-state index contributed by atoms with van der Waals surface area (Å²) < 4.78 is 10.2. The third-order valence-corrected chi connectivity index (χ3v) is 2.12. The lowest BCUT2D eigenvalue weighted by molar-refractivity contribution is -0.141. The summed E-state index contributed by atoms with van der Waals surface area (Å²) in [6.07, 6.45) is 1.68. The minimum Gasteiger partial charge on any atom is -0.466 e. The highest BCUT2D eigenvalue weighted by atomic mass is 16.5. The summed E-state index contributed by atoms with van der Waals surface area (Å²) >= 11 is 0. The summed E-state index contributed by atoms with van der Waals surface area (Å²) in [5, 5.41) is 0. The van der Waals surface area contributed by atoms with E-state index in [0.29, 0.717) is 19.8 Å². The molecule has 0 aromatic heterocycles. The molecule has 0 spiro atoms. The first-order chi connectivity index (χ1) is 7.79. The lowest BCUT2D eigenvalue weighted by Gasteiger charge is -2.04. The van der Waals surface area contributed by atoms with Gasteiger partial charge in [0.1, 0.15) is 0 Å². The van der Waals surface area contributed by atoms with Gasteiger partial charge >= 0.3 is 5.97 Å². The zero-order chi connectivity index (χ0) is 11.6. The van der Waals surface area contributed by atoms with E-state index in [1.54, 1.807) is 0 Å². The number of carbonyl (C=O) groups is 1. The first-order valence-electron chi connectivity index (χ1n) is 5.54. The van der Waals surface area contributed by atoms with Crippen LogP contribution < -0.4 is 0 Å². The average molecular weight is 222 g/mol. The summed E-state index contributed by atoms with van der Waals surface area (Å²) in [5.74, 6) is -0.232. The second kappa shape index (κ2) is 7.88. The second-order valence-corrected chi connectivity index (χ2v) is 3.54. The molecule has 0 saturated carbocycles. The number of hydrogen-bond acceptors (Lipinski definition) is 3. The van der Waals surface area contributed by atoms with Gasteiger partial charge in [0.05, 0.1) is 13.2 Å². The normalized spacial score (nSPS) is 10.1. The van der Waals surface area contributed by atoms with Crippen LogP contribution in [0.5, 0.6) is 0 Å². The number of ether oxygens (including phenoxy) is 2. The van der Waals surface area contributed by atoms with Crippen LogP contribution >= 0.6 is 0 Å². The van der Waals surface area contributed by atoms with Crippen molar-refractivity contribution >= 4 is 5.97 Å². The number of carbonyl (C=O) groups excluding carboxylic acids is 1. The molecule has 16 heavy (non-hydrogen) atoms. The molecule has 0 N–H and O–H groups in total. The molecular formula is C13H18O3. The zero-order valence-electron chi connectivity index (χ0n) is 9.65. The van der Waals surface area contributed by atoms with Gasteiger partial charge in [-0.15, -0.1) is 0 Å². The minimum atomic E-state index is -0.232. The van der Waals surface area contributed by atoms with Gasteiger partial charge in [0.25, 0.3) is 0 Å². The van der Waals surface area contributed by atoms with Gasteiger partial charge in [-0.05, 0) is 12.0 Å². The number of benzene rings is 1. The van der Waals surface area contributed by atoms with Gasteiger partial charge in [-0.1, -0.05) is 30.3 Å². The molecular weight excluding hydrogens is 204 g/mol. The van der Waals surface area contributed by atoms with Crippen molar-refractivity contribution in [1.29, 1.82) is 0 Å². The van der Waals surface area contributed by atoms with E-state index < -0.39 is 0 Å². The largest absolute Gasteiger partial charge is 0.466 e. The molecule has 1 aromatic carbocycles. The monoisotopic (exact) mass is 222 g/mol. The number of hydrogen-bond donors (Lipinski definition) is 0. The first-order valence-corrected chi connectivity index (χ1v) is 5.54. The van der Waals surface area contributed by atoms with Gasteiger partial charge in [-0.2, -0.15) is 0 Å². The minimum absolute atomic E-state index is 0.232. The quantitative estimate of drug-likeness (QED) is 0.524. The summed E-state index contributed by atoms with van der Waals surface area (Å²) in [7, 11) is 0.